The molecule has 2 heterocycles. The monoisotopic (exact) mass is 328 g/mol. The second-order valence-corrected chi connectivity index (χ2v) is 7.18. The molecule has 4 unspecified atom stereocenters. The maximum atomic E-state index is 13.5. The van der Waals surface area contributed by atoms with Gasteiger partial charge in [-0.15, -0.1) is 0 Å². The molecule has 2 saturated carbocycles. The Morgan fingerprint density at radius 3 is 2.09 bits per heavy atom. The van der Waals surface area contributed by atoms with Crippen LogP contribution in [0.15, 0.2) is 12.2 Å². The molecular formula is C15H18F6O. The molecule has 0 N–H and O–H groups in total. The van der Waals surface area contributed by atoms with E-state index in [2.05, 4.69) is 6.58 Å². The van der Waals surface area contributed by atoms with Crippen molar-refractivity contribution in [2.24, 2.45) is 17.3 Å². The van der Waals surface area contributed by atoms with E-state index in [4.69, 9.17) is 4.74 Å². The molecule has 4 bridgehead atoms. The van der Waals surface area contributed by atoms with Gasteiger partial charge in [0.15, 0.2) is 0 Å². The van der Waals surface area contributed by atoms with Crippen LogP contribution in [0.1, 0.15) is 39.0 Å². The lowest BCUT2D eigenvalue weighted by molar-refractivity contribution is -0.401. The van der Waals surface area contributed by atoms with Gasteiger partial charge in [-0.3, -0.25) is 0 Å². The van der Waals surface area contributed by atoms with Crippen LogP contribution in [0, 0.1) is 17.3 Å². The maximum Gasteiger partial charge on any atom is 0.426 e. The lowest BCUT2D eigenvalue weighted by Gasteiger charge is -2.49. The van der Waals surface area contributed by atoms with E-state index >= 15 is 0 Å². The fourth-order valence-corrected chi connectivity index (χ4v) is 4.95. The summed E-state index contributed by atoms with van der Waals surface area (Å²) >= 11 is 0. The minimum absolute atomic E-state index is 0.0788. The van der Waals surface area contributed by atoms with Gasteiger partial charge in [-0.1, -0.05) is 12.2 Å². The van der Waals surface area contributed by atoms with Crippen LogP contribution in [-0.4, -0.2) is 24.1 Å². The predicted octanol–water partition coefficient (Wildman–Crippen LogP) is 5.02. The summed E-state index contributed by atoms with van der Waals surface area (Å²) in [4.78, 5) is 0. The van der Waals surface area contributed by atoms with E-state index < -0.39 is 35.4 Å². The predicted molar refractivity (Wildman–Crippen MR) is 67.0 cm³/mol. The Morgan fingerprint density at radius 2 is 1.59 bits per heavy atom. The van der Waals surface area contributed by atoms with Gasteiger partial charge in [-0.25, -0.2) is 0 Å². The third kappa shape index (κ3) is 1.96. The van der Waals surface area contributed by atoms with Gasteiger partial charge in [0.2, 0.25) is 0 Å². The largest absolute Gasteiger partial charge is 0.426 e. The summed E-state index contributed by atoms with van der Waals surface area (Å²) in [6.07, 6.45) is -11.0. The first kappa shape index (κ1) is 16.1. The van der Waals surface area contributed by atoms with Crippen molar-refractivity contribution in [3.8, 4) is 0 Å². The highest BCUT2D eigenvalue weighted by Gasteiger charge is 2.78. The van der Waals surface area contributed by atoms with Gasteiger partial charge in [0.25, 0.3) is 5.60 Å². The fourth-order valence-electron chi connectivity index (χ4n) is 4.95. The second-order valence-electron chi connectivity index (χ2n) is 7.18. The van der Waals surface area contributed by atoms with Crippen LogP contribution in [0.2, 0.25) is 0 Å². The second kappa shape index (κ2) is 4.42. The number of halogens is 6. The third-order valence-corrected chi connectivity index (χ3v) is 5.82. The number of ether oxygens (including phenoxy) is 1. The zero-order valence-electron chi connectivity index (χ0n) is 12.2. The Kier molecular flexibility index (Phi) is 3.25. The topological polar surface area (TPSA) is 9.23 Å². The van der Waals surface area contributed by atoms with Crippen molar-refractivity contribution in [3.63, 3.8) is 0 Å². The lowest BCUT2D eigenvalue weighted by atomic mass is 9.55. The van der Waals surface area contributed by atoms with Gasteiger partial charge >= 0.3 is 12.4 Å². The van der Waals surface area contributed by atoms with Crippen LogP contribution < -0.4 is 0 Å². The molecule has 126 valence electrons. The van der Waals surface area contributed by atoms with Crippen LogP contribution in [0.3, 0.4) is 0 Å². The summed E-state index contributed by atoms with van der Waals surface area (Å²) in [5.74, 6) is -1.74. The van der Waals surface area contributed by atoms with Gasteiger partial charge in [0, 0.05) is 5.92 Å². The molecule has 0 radical (unpaired) electrons. The Labute approximate surface area is 124 Å². The van der Waals surface area contributed by atoms with E-state index in [0.29, 0.717) is 12.0 Å². The van der Waals surface area contributed by atoms with Crippen LogP contribution in [-0.2, 0) is 4.74 Å². The minimum Gasteiger partial charge on any atom is -0.354 e. The smallest absolute Gasteiger partial charge is 0.354 e. The number of hydrogen-bond acceptors (Lipinski definition) is 1. The molecule has 0 amide bonds. The van der Waals surface area contributed by atoms with Crippen molar-refractivity contribution in [2.45, 2.75) is 63.1 Å². The normalized spacial score (nSPS) is 40.6. The highest BCUT2D eigenvalue weighted by atomic mass is 19.4. The SMILES string of the molecule is C=C(C)C12CC3CC(C1)OC(C(F)(F)F)(C(F)(F)F)C(C3)C2. The molecule has 4 fully saturated rings. The zero-order chi connectivity index (χ0) is 16.6. The molecular weight excluding hydrogens is 310 g/mol. The number of alkyl halides is 6. The van der Waals surface area contributed by atoms with Gasteiger partial charge in [-0.05, 0) is 50.4 Å². The highest BCUT2D eigenvalue weighted by Crippen LogP contribution is 2.66. The lowest BCUT2D eigenvalue weighted by Crippen LogP contribution is -2.63. The van der Waals surface area contributed by atoms with Gasteiger partial charge in [0.05, 0.1) is 6.10 Å². The average Bonchev–Trinajstić information content (AvgIpc) is 2.48. The van der Waals surface area contributed by atoms with Crippen LogP contribution in [0.25, 0.3) is 0 Å². The van der Waals surface area contributed by atoms with E-state index in [1.165, 1.54) is 0 Å². The molecule has 4 atom stereocenters. The number of allylic oxidation sites excluding steroid dienone is 1. The molecule has 7 heteroatoms. The Balaban J connectivity index is 2.15. The molecule has 22 heavy (non-hydrogen) atoms. The van der Waals surface area contributed by atoms with Crippen LogP contribution in [0.5, 0.6) is 0 Å². The van der Waals surface area contributed by atoms with Crippen molar-refractivity contribution >= 4 is 0 Å². The van der Waals surface area contributed by atoms with Crippen molar-refractivity contribution < 1.29 is 31.1 Å². The van der Waals surface area contributed by atoms with Gasteiger partial charge < -0.3 is 4.74 Å². The molecule has 2 aliphatic carbocycles. The first-order chi connectivity index (χ1) is 9.91. The molecule has 1 nitrogen and oxygen atoms in total. The molecule has 0 spiro atoms. The average molecular weight is 328 g/mol. The molecule has 0 aromatic heterocycles. The standard InChI is InChI=1S/C15H18F6O/c1-8(2)12-5-9-3-10(6-12)13(14(16,17)18,15(19,20)21)22-11(4-9)7-12/h9-11H,1,3-7H2,2H3. The van der Waals surface area contributed by atoms with Crippen molar-refractivity contribution in [2.75, 3.05) is 0 Å². The molecule has 4 aliphatic rings. The van der Waals surface area contributed by atoms with Crippen molar-refractivity contribution in [1.29, 1.82) is 0 Å². The Hall–Kier alpha value is -0.720. The zero-order valence-corrected chi connectivity index (χ0v) is 12.2. The molecule has 4 rings (SSSR count). The summed E-state index contributed by atoms with van der Waals surface area (Å²) < 4.78 is 85.9. The summed E-state index contributed by atoms with van der Waals surface area (Å²) in [6.45, 7) is 5.55. The first-order valence-corrected chi connectivity index (χ1v) is 7.38. The molecule has 0 aromatic carbocycles. The summed E-state index contributed by atoms with van der Waals surface area (Å²) in [6, 6.07) is 0. The van der Waals surface area contributed by atoms with E-state index in [1.807, 2.05) is 0 Å². The Bertz CT molecular complexity index is 479. The van der Waals surface area contributed by atoms with Gasteiger partial charge in [0.1, 0.15) is 0 Å². The number of rotatable bonds is 1. The van der Waals surface area contributed by atoms with E-state index in [1.54, 1.807) is 6.92 Å². The maximum absolute atomic E-state index is 13.5. The Morgan fingerprint density at radius 1 is 1.00 bits per heavy atom. The van der Waals surface area contributed by atoms with Crippen molar-refractivity contribution in [3.05, 3.63) is 12.2 Å². The van der Waals surface area contributed by atoms with Crippen LogP contribution >= 0.6 is 0 Å². The summed E-state index contributed by atoms with van der Waals surface area (Å²) in [5.41, 5.74) is -4.00. The minimum atomic E-state index is -5.47. The number of hydrogen-bond donors (Lipinski definition) is 0. The third-order valence-electron chi connectivity index (χ3n) is 5.82. The fraction of sp³-hybridized carbons (Fsp3) is 0.867. The first-order valence-electron chi connectivity index (χ1n) is 7.38. The summed E-state index contributed by atoms with van der Waals surface area (Å²) in [7, 11) is 0. The highest BCUT2D eigenvalue weighted by molar-refractivity contribution is 5.19. The van der Waals surface area contributed by atoms with Crippen LogP contribution in [0.4, 0.5) is 26.3 Å². The van der Waals surface area contributed by atoms with Gasteiger partial charge in [-0.2, -0.15) is 26.3 Å². The van der Waals surface area contributed by atoms with E-state index in [-0.39, 0.29) is 31.6 Å². The van der Waals surface area contributed by atoms with E-state index in [9.17, 15) is 26.3 Å². The van der Waals surface area contributed by atoms with Crippen molar-refractivity contribution in [1.82, 2.24) is 0 Å². The molecule has 2 saturated heterocycles. The molecule has 0 aromatic rings. The summed E-state index contributed by atoms with van der Waals surface area (Å²) in [5, 5.41) is 0. The van der Waals surface area contributed by atoms with E-state index in [0.717, 1.165) is 0 Å². The quantitative estimate of drug-likeness (QED) is 0.485. The number of fused-ring (bicyclic) bond motifs is 1. The molecule has 2 aliphatic heterocycles.